The molecule has 21 heavy (non-hydrogen) atoms. The van der Waals surface area contributed by atoms with Gasteiger partial charge in [-0.25, -0.2) is 13.1 Å². The van der Waals surface area contributed by atoms with Gasteiger partial charge in [0.15, 0.2) is 0 Å². The smallest absolute Gasteiger partial charge is 0.240 e. The average Bonchev–Trinajstić information content (AvgIpc) is 2.47. The van der Waals surface area contributed by atoms with Crippen molar-refractivity contribution in [3.8, 4) is 0 Å². The van der Waals surface area contributed by atoms with Crippen LogP contribution in [0.5, 0.6) is 0 Å². The van der Waals surface area contributed by atoms with E-state index in [-0.39, 0.29) is 9.92 Å². The first-order chi connectivity index (χ1) is 9.99. The topological polar surface area (TPSA) is 49.4 Å². The molecule has 1 aromatic rings. The highest BCUT2D eigenvalue weighted by Gasteiger charge is 2.15. The number of nitrogens with one attached hydrogen (secondary N) is 1. The summed E-state index contributed by atoms with van der Waals surface area (Å²) < 4.78 is 26.8. The Morgan fingerprint density at radius 2 is 1.81 bits per heavy atom. The maximum absolute atomic E-state index is 12.1. The van der Waals surface area contributed by atoms with E-state index in [9.17, 15) is 8.42 Å². The third-order valence-corrected chi connectivity index (χ3v) is 5.79. The van der Waals surface area contributed by atoms with Gasteiger partial charge in [-0.05, 0) is 57.1 Å². The van der Waals surface area contributed by atoms with E-state index in [4.69, 9.17) is 23.2 Å². The van der Waals surface area contributed by atoms with Gasteiger partial charge in [-0.15, -0.1) is 0 Å². The summed E-state index contributed by atoms with van der Waals surface area (Å²) in [7, 11) is -3.51. The Morgan fingerprint density at radius 1 is 1.10 bits per heavy atom. The second-order valence-corrected chi connectivity index (χ2v) is 7.81. The van der Waals surface area contributed by atoms with Crippen LogP contribution in [-0.2, 0) is 10.0 Å². The SMILES string of the molecule is O=S(=O)(NCCCN1CCCCC1)c1ccc(Cl)c(Cl)c1. The average molecular weight is 351 g/mol. The van der Waals surface area contributed by atoms with Crippen LogP contribution >= 0.6 is 23.2 Å². The highest BCUT2D eigenvalue weighted by Crippen LogP contribution is 2.24. The molecule has 0 radical (unpaired) electrons. The fourth-order valence-corrected chi connectivity index (χ4v) is 3.88. The summed E-state index contributed by atoms with van der Waals surface area (Å²) in [6.45, 7) is 3.61. The highest BCUT2D eigenvalue weighted by atomic mass is 35.5. The van der Waals surface area contributed by atoms with Crippen LogP contribution in [0.4, 0.5) is 0 Å². The fourth-order valence-electron chi connectivity index (χ4n) is 2.42. The zero-order chi connectivity index (χ0) is 15.3. The van der Waals surface area contributed by atoms with Crippen LogP contribution in [0.15, 0.2) is 23.1 Å². The van der Waals surface area contributed by atoms with Crippen molar-refractivity contribution in [3.63, 3.8) is 0 Å². The van der Waals surface area contributed by atoms with Crippen LogP contribution in [0, 0.1) is 0 Å². The molecule has 0 bridgehead atoms. The molecule has 1 fully saturated rings. The van der Waals surface area contributed by atoms with Crippen LogP contribution in [0.3, 0.4) is 0 Å². The molecule has 0 aromatic heterocycles. The van der Waals surface area contributed by atoms with E-state index < -0.39 is 10.0 Å². The molecule has 0 atom stereocenters. The largest absolute Gasteiger partial charge is 0.303 e. The molecule has 7 heteroatoms. The van der Waals surface area contributed by atoms with Gasteiger partial charge in [0.1, 0.15) is 0 Å². The molecule has 0 saturated carbocycles. The first-order valence-electron chi connectivity index (χ1n) is 7.16. The summed E-state index contributed by atoms with van der Waals surface area (Å²) in [4.78, 5) is 2.53. The molecule has 1 saturated heterocycles. The van der Waals surface area contributed by atoms with Crippen molar-refractivity contribution in [2.75, 3.05) is 26.2 Å². The van der Waals surface area contributed by atoms with Crippen LogP contribution in [-0.4, -0.2) is 39.5 Å². The quantitative estimate of drug-likeness (QED) is 0.801. The minimum Gasteiger partial charge on any atom is -0.303 e. The first-order valence-corrected chi connectivity index (χ1v) is 9.40. The lowest BCUT2D eigenvalue weighted by molar-refractivity contribution is 0.227. The molecular formula is C14H20Cl2N2O2S. The summed E-state index contributed by atoms with van der Waals surface area (Å²) in [6, 6.07) is 4.32. The Hall–Kier alpha value is -0.330. The van der Waals surface area contributed by atoms with Gasteiger partial charge in [0.2, 0.25) is 10.0 Å². The molecular weight excluding hydrogens is 331 g/mol. The maximum atomic E-state index is 12.1. The van der Waals surface area contributed by atoms with Crippen molar-refractivity contribution >= 4 is 33.2 Å². The minimum absolute atomic E-state index is 0.148. The number of nitrogens with zero attached hydrogens (tertiary/aromatic N) is 1. The lowest BCUT2D eigenvalue weighted by Gasteiger charge is -2.26. The van der Waals surface area contributed by atoms with E-state index in [0.29, 0.717) is 11.6 Å². The van der Waals surface area contributed by atoms with Crippen molar-refractivity contribution in [2.24, 2.45) is 0 Å². The second-order valence-electron chi connectivity index (χ2n) is 5.23. The number of sulfonamides is 1. The first kappa shape index (κ1) is 17.0. The number of benzene rings is 1. The van der Waals surface area contributed by atoms with Crippen LogP contribution in [0.25, 0.3) is 0 Å². The molecule has 0 aliphatic carbocycles. The Balaban J connectivity index is 1.82. The van der Waals surface area contributed by atoms with Crippen molar-refractivity contribution in [3.05, 3.63) is 28.2 Å². The monoisotopic (exact) mass is 350 g/mol. The van der Waals surface area contributed by atoms with Gasteiger partial charge in [0.25, 0.3) is 0 Å². The predicted molar refractivity (Wildman–Crippen MR) is 86.6 cm³/mol. The van der Waals surface area contributed by atoms with Crippen LogP contribution < -0.4 is 4.72 Å². The summed E-state index contributed by atoms with van der Waals surface area (Å²) in [6.07, 6.45) is 4.60. The predicted octanol–water partition coefficient (Wildman–Crippen LogP) is 3.15. The molecule has 1 aliphatic heterocycles. The Bertz CT molecular complexity index is 572. The second kappa shape index (κ2) is 7.79. The molecule has 4 nitrogen and oxygen atoms in total. The lowest BCUT2D eigenvalue weighted by atomic mass is 10.1. The van der Waals surface area contributed by atoms with Gasteiger partial charge in [-0.1, -0.05) is 29.6 Å². The van der Waals surface area contributed by atoms with E-state index in [0.717, 1.165) is 26.1 Å². The molecule has 1 aromatic carbocycles. The molecule has 0 unspecified atom stereocenters. The highest BCUT2D eigenvalue weighted by molar-refractivity contribution is 7.89. The van der Waals surface area contributed by atoms with Gasteiger partial charge < -0.3 is 4.90 Å². The normalized spacial score (nSPS) is 17.0. The standard InChI is InChI=1S/C14H20Cl2N2O2S/c15-13-6-5-12(11-14(13)16)21(19,20)17-7-4-10-18-8-2-1-3-9-18/h5-6,11,17H,1-4,7-10H2. The third-order valence-electron chi connectivity index (χ3n) is 3.59. The van der Waals surface area contributed by atoms with Crippen molar-refractivity contribution in [2.45, 2.75) is 30.6 Å². The molecule has 118 valence electrons. The summed E-state index contributed by atoms with van der Waals surface area (Å²) in [5, 5.41) is 0.591. The van der Waals surface area contributed by atoms with E-state index in [1.165, 1.54) is 37.5 Å². The van der Waals surface area contributed by atoms with Gasteiger partial charge in [0.05, 0.1) is 14.9 Å². The molecule has 1 aliphatic rings. The maximum Gasteiger partial charge on any atom is 0.240 e. The fraction of sp³-hybridized carbons (Fsp3) is 0.571. The van der Waals surface area contributed by atoms with Crippen molar-refractivity contribution in [1.29, 1.82) is 0 Å². The number of likely N-dealkylation sites (tertiary alicyclic amines) is 1. The van der Waals surface area contributed by atoms with E-state index in [1.54, 1.807) is 0 Å². The number of piperidine rings is 1. The van der Waals surface area contributed by atoms with Gasteiger partial charge in [-0.3, -0.25) is 0 Å². The van der Waals surface area contributed by atoms with E-state index >= 15 is 0 Å². The van der Waals surface area contributed by atoms with Gasteiger partial charge in [0, 0.05) is 6.54 Å². The summed E-state index contributed by atoms with van der Waals surface area (Å²) in [5.41, 5.74) is 0. The summed E-state index contributed by atoms with van der Waals surface area (Å²) >= 11 is 11.6. The molecule has 2 rings (SSSR count). The number of hydrogen-bond donors (Lipinski definition) is 1. The van der Waals surface area contributed by atoms with Crippen molar-refractivity contribution in [1.82, 2.24) is 9.62 Å². The Kier molecular flexibility index (Phi) is 6.32. The number of rotatable bonds is 6. The molecule has 0 spiro atoms. The lowest BCUT2D eigenvalue weighted by Crippen LogP contribution is -2.33. The zero-order valence-corrected chi connectivity index (χ0v) is 14.1. The van der Waals surface area contributed by atoms with E-state index in [2.05, 4.69) is 9.62 Å². The van der Waals surface area contributed by atoms with Crippen LogP contribution in [0.2, 0.25) is 10.0 Å². The van der Waals surface area contributed by atoms with Gasteiger partial charge in [-0.2, -0.15) is 0 Å². The Labute approximate surface area is 136 Å². The van der Waals surface area contributed by atoms with Crippen molar-refractivity contribution < 1.29 is 8.42 Å². The number of hydrogen-bond acceptors (Lipinski definition) is 3. The Morgan fingerprint density at radius 3 is 2.48 bits per heavy atom. The minimum atomic E-state index is -3.51. The molecule has 1 N–H and O–H groups in total. The number of halogens is 2. The summed E-state index contributed by atoms with van der Waals surface area (Å²) in [5.74, 6) is 0. The van der Waals surface area contributed by atoms with Gasteiger partial charge >= 0.3 is 0 Å². The molecule has 0 amide bonds. The zero-order valence-electron chi connectivity index (χ0n) is 11.8. The molecule has 1 heterocycles. The van der Waals surface area contributed by atoms with E-state index in [1.807, 2.05) is 0 Å². The van der Waals surface area contributed by atoms with Crippen LogP contribution in [0.1, 0.15) is 25.7 Å². The third kappa shape index (κ3) is 5.11.